The lowest BCUT2D eigenvalue weighted by Crippen LogP contribution is -2.40. The fraction of sp³-hybridized carbons (Fsp3) is 0.500. The van der Waals surface area contributed by atoms with Crippen molar-refractivity contribution in [2.24, 2.45) is 5.73 Å². The van der Waals surface area contributed by atoms with Crippen molar-refractivity contribution in [3.8, 4) is 5.75 Å². The molecule has 4 N–H and O–H groups in total. The van der Waals surface area contributed by atoms with Gasteiger partial charge in [-0.2, -0.15) is 0 Å². The average molecular weight is 263 g/mol. The van der Waals surface area contributed by atoms with Gasteiger partial charge in [0, 0.05) is 30.1 Å². The highest BCUT2D eigenvalue weighted by atomic mass is 16.5. The second-order valence-corrected chi connectivity index (χ2v) is 5.18. The highest BCUT2D eigenvalue weighted by molar-refractivity contribution is 5.84. The highest BCUT2D eigenvalue weighted by Crippen LogP contribution is 2.31. The number of primary amides is 1. The minimum absolute atomic E-state index is 0.0835. The van der Waals surface area contributed by atoms with Crippen LogP contribution in [0.1, 0.15) is 26.7 Å². The van der Waals surface area contributed by atoms with Crippen LogP contribution < -0.4 is 21.1 Å². The van der Waals surface area contributed by atoms with Crippen LogP contribution in [-0.2, 0) is 4.79 Å². The van der Waals surface area contributed by atoms with Crippen LogP contribution in [0.15, 0.2) is 18.2 Å². The van der Waals surface area contributed by atoms with Crippen LogP contribution >= 0.6 is 0 Å². The van der Waals surface area contributed by atoms with Gasteiger partial charge in [-0.3, -0.25) is 4.79 Å². The maximum atomic E-state index is 11.5. The van der Waals surface area contributed by atoms with Gasteiger partial charge in [0.15, 0.2) is 0 Å². The molecule has 1 aliphatic heterocycles. The van der Waals surface area contributed by atoms with Gasteiger partial charge in [0.2, 0.25) is 5.91 Å². The summed E-state index contributed by atoms with van der Waals surface area (Å²) in [4.78, 5) is 13.5. The molecule has 1 heterocycles. The molecule has 1 fully saturated rings. The van der Waals surface area contributed by atoms with E-state index in [2.05, 4.69) is 0 Å². The molecule has 1 saturated heterocycles. The zero-order chi connectivity index (χ0) is 14.0. The average Bonchev–Trinajstić information content (AvgIpc) is 2.75. The van der Waals surface area contributed by atoms with Crippen molar-refractivity contribution in [3.63, 3.8) is 0 Å². The molecule has 0 bridgehead atoms. The predicted octanol–water partition coefficient (Wildman–Crippen LogP) is 1.51. The molecule has 1 amide bonds. The summed E-state index contributed by atoms with van der Waals surface area (Å²) in [5.74, 6) is 0.436. The maximum Gasteiger partial charge on any atom is 0.240 e. The van der Waals surface area contributed by atoms with Gasteiger partial charge in [-0.05, 0) is 32.8 Å². The van der Waals surface area contributed by atoms with Gasteiger partial charge in [-0.25, -0.2) is 0 Å². The number of amides is 1. The van der Waals surface area contributed by atoms with Gasteiger partial charge in [0.1, 0.15) is 11.8 Å². The van der Waals surface area contributed by atoms with Crippen molar-refractivity contribution in [2.45, 2.75) is 38.8 Å². The van der Waals surface area contributed by atoms with Crippen molar-refractivity contribution in [1.29, 1.82) is 0 Å². The zero-order valence-corrected chi connectivity index (χ0v) is 11.4. The molecule has 5 nitrogen and oxygen atoms in total. The summed E-state index contributed by atoms with van der Waals surface area (Å²) < 4.78 is 5.67. The minimum Gasteiger partial charge on any atom is -0.491 e. The molecule has 0 spiro atoms. The van der Waals surface area contributed by atoms with Crippen LogP contribution in [0.5, 0.6) is 5.75 Å². The highest BCUT2D eigenvalue weighted by Gasteiger charge is 2.29. The summed E-state index contributed by atoms with van der Waals surface area (Å²) in [6, 6.07) is 5.32. The van der Waals surface area contributed by atoms with Gasteiger partial charge in [-0.1, -0.05) is 0 Å². The summed E-state index contributed by atoms with van der Waals surface area (Å²) >= 11 is 0. The number of hydrogen-bond donors (Lipinski definition) is 2. The molecule has 2 rings (SSSR count). The molecule has 1 aromatic carbocycles. The Morgan fingerprint density at radius 2 is 2.16 bits per heavy atom. The Kier molecular flexibility index (Phi) is 3.83. The first-order chi connectivity index (χ1) is 8.97. The van der Waals surface area contributed by atoms with E-state index in [4.69, 9.17) is 16.2 Å². The molecule has 5 heteroatoms. The van der Waals surface area contributed by atoms with E-state index < -0.39 is 0 Å². The van der Waals surface area contributed by atoms with Crippen LogP contribution in [-0.4, -0.2) is 24.6 Å². The molecule has 1 aromatic rings. The Balaban J connectivity index is 2.28. The van der Waals surface area contributed by atoms with Crippen LogP contribution in [0.3, 0.4) is 0 Å². The second-order valence-electron chi connectivity index (χ2n) is 5.18. The van der Waals surface area contributed by atoms with Crippen molar-refractivity contribution < 1.29 is 9.53 Å². The van der Waals surface area contributed by atoms with Crippen molar-refractivity contribution in [1.82, 2.24) is 0 Å². The van der Waals surface area contributed by atoms with Crippen molar-refractivity contribution in [3.05, 3.63) is 18.2 Å². The number of benzene rings is 1. The van der Waals surface area contributed by atoms with E-state index in [-0.39, 0.29) is 18.1 Å². The second kappa shape index (κ2) is 5.38. The molecule has 0 aromatic heterocycles. The Bertz CT molecular complexity index is 474. The number of nitrogens with two attached hydrogens (primary N) is 2. The first-order valence-electron chi connectivity index (χ1n) is 6.60. The molecule has 104 valence electrons. The SMILES string of the molecule is CC(C)Oc1cc(N)cc(N2CCCC2C(N)=O)c1. The minimum atomic E-state index is -0.286. The Labute approximate surface area is 113 Å². The summed E-state index contributed by atoms with van der Waals surface area (Å²) in [7, 11) is 0. The Morgan fingerprint density at radius 1 is 1.42 bits per heavy atom. The molecule has 1 atom stereocenters. The van der Waals surface area contributed by atoms with Gasteiger partial charge in [-0.15, -0.1) is 0 Å². The number of nitrogens with zero attached hydrogens (tertiary/aromatic N) is 1. The van der Waals surface area contributed by atoms with E-state index in [1.54, 1.807) is 6.07 Å². The van der Waals surface area contributed by atoms with Crippen LogP contribution in [0, 0.1) is 0 Å². The summed E-state index contributed by atoms with van der Waals surface area (Å²) in [5, 5.41) is 0. The van der Waals surface area contributed by atoms with Crippen LogP contribution in [0.25, 0.3) is 0 Å². The van der Waals surface area contributed by atoms with E-state index in [1.807, 2.05) is 30.9 Å². The van der Waals surface area contributed by atoms with E-state index in [0.29, 0.717) is 5.69 Å². The molecular weight excluding hydrogens is 242 g/mol. The quantitative estimate of drug-likeness (QED) is 0.807. The van der Waals surface area contributed by atoms with E-state index in [0.717, 1.165) is 30.8 Å². The lowest BCUT2D eigenvalue weighted by molar-refractivity contribution is -0.119. The lowest BCUT2D eigenvalue weighted by Gasteiger charge is -2.25. The number of rotatable bonds is 4. The van der Waals surface area contributed by atoms with Gasteiger partial charge >= 0.3 is 0 Å². The summed E-state index contributed by atoms with van der Waals surface area (Å²) in [5.41, 5.74) is 12.9. The standard InChI is InChI=1S/C14H21N3O2/c1-9(2)19-12-7-10(15)6-11(8-12)17-5-3-4-13(17)14(16)18/h6-9,13H,3-5,15H2,1-2H3,(H2,16,18). The third-order valence-electron chi connectivity index (χ3n) is 3.20. The topological polar surface area (TPSA) is 81.6 Å². The largest absolute Gasteiger partial charge is 0.491 e. The number of ether oxygens (including phenoxy) is 1. The Hall–Kier alpha value is -1.91. The molecule has 0 aliphatic carbocycles. The fourth-order valence-electron chi connectivity index (χ4n) is 2.48. The van der Waals surface area contributed by atoms with Gasteiger partial charge in [0.05, 0.1) is 6.10 Å². The van der Waals surface area contributed by atoms with E-state index in [1.165, 1.54) is 0 Å². The van der Waals surface area contributed by atoms with Crippen LogP contribution in [0.4, 0.5) is 11.4 Å². The smallest absolute Gasteiger partial charge is 0.240 e. The first-order valence-corrected chi connectivity index (χ1v) is 6.60. The lowest BCUT2D eigenvalue weighted by atomic mass is 10.2. The van der Waals surface area contributed by atoms with E-state index in [9.17, 15) is 4.79 Å². The summed E-state index contributed by atoms with van der Waals surface area (Å²) in [6.07, 6.45) is 1.84. The molecule has 19 heavy (non-hydrogen) atoms. The van der Waals surface area contributed by atoms with Gasteiger partial charge in [0.25, 0.3) is 0 Å². The third kappa shape index (κ3) is 3.10. The maximum absolute atomic E-state index is 11.5. The van der Waals surface area contributed by atoms with Gasteiger partial charge < -0.3 is 21.1 Å². The normalized spacial score (nSPS) is 18.9. The molecule has 1 unspecified atom stereocenters. The van der Waals surface area contributed by atoms with Crippen molar-refractivity contribution >= 4 is 17.3 Å². The molecule has 0 saturated carbocycles. The zero-order valence-electron chi connectivity index (χ0n) is 11.4. The van der Waals surface area contributed by atoms with E-state index >= 15 is 0 Å². The molecule has 1 aliphatic rings. The Morgan fingerprint density at radius 3 is 2.79 bits per heavy atom. The number of carbonyl (C=O) groups is 1. The number of carbonyl (C=O) groups excluding carboxylic acids is 1. The number of nitrogen functional groups attached to an aromatic ring is 1. The van der Waals surface area contributed by atoms with Crippen LogP contribution in [0.2, 0.25) is 0 Å². The van der Waals surface area contributed by atoms with Crippen molar-refractivity contribution in [2.75, 3.05) is 17.2 Å². The number of anilines is 2. The summed E-state index contributed by atoms with van der Waals surface area (Å²) in [6.45, 7) is 4.74. The fourth-order valence-corrected chi connectivity index (χ4v) is 2.48. The predicted molar refractivity (Wildman–Crippen MR) is 76.2 cm³/mol. The third-order valence-corrected chi connectivity index (χ3v) is 3.20. The first kappa shape index (κ1) is 13.5. The molecular formula is C14H21N3O2. The monoisotopic (exact) mass is 263 g/mol. The molecule has 0 radical (unpaired) electrons. The number of hydrogen-bond acceptors (Lipinski definition) is 4.